The van der Waals surface area contributed by atoms with E-state index in [1.54, 1.807) is 17.8 Å². The van der Waals surface area contributed by atoms with E-state index in [0.717, 1.165) is 17.4 Å². The van der Waals surface area contributed by atoms with E-state index in [1.165, 1.54) is 16.8 Å². The summed E-state index contributed by atoms with van der Waals surface area (Å²) in [4.78, 5) is 25.3. The molecule has 3 rings (SSSR count). The SMILES string of the molecule is CCn1nc(C(=O)Nc2cccc(CSC)c2)c(=O)c2cc(F)ccc21. The van der Waals surface area contributed by atoms with E-state index in [0.29, 0.717) is 17.7 Å². The number of carbonyl (C=O) groups is 1. The number of nitrogens with zero attached hydrogens (tertiary/aromatic N) is 2. The molecule has 7 heteroatoms. The molecule has 134 valence electrons. The van der Waals surface area contributed by atoms with Gasteiger partial charge in [0.2, 0.25) is 5.43 Å². The monoisotopic (exact) mass is 371 g/mol. The number of hydrogen-bond acceptors (Lipinski definition) is 4. The van der Waals surface area contributed by atoms with Crippen molar-refractivity contribution in [3.63, 3.8) is 0 Å². The maximum atomic E-state index is 13.6. The van der Waals surface area contributed by atoms with E-state index in [1.807, 2.05) is 31.4 Å². The fourth-order valence-electron chi connectivity index (χ4n) is 2.75. The molecule has 1 amide bonds. The first-order chi connectivity index (χ1) is 12.5. The lowest BCUT2D eigenvalue weighted by molar-refractivity contribution is 0.101. The van der Waals surface area contributed by atoms with E-state index < -0.39 is 17.2 Å². The number of halogens is 1. The van der Waals surface area contributed by atoms with Crippen molar-refractivity contribution in [2.24, 2.45) is 0 Å². The largest absolute Gasteiger partial charge is 0.320 e. The molecule has 0 aliphatic heterocycles. The van der Waals surface area contributed by atoms with Gasteiger partial charge < -0.3 is 5.32 Å². The second-order valence-corrected chi connectivity index (χ2v) is 6.61. The van der Waals surface area contributed by atoms with Crippen LogP contribution in [-0.2, 0) is 12.3 Å². The van der Waals surface area contributed by atoms with Gasteiger partial charge in [0.25, 0.3) is 5.91 Å². The van der Waals surface area contributed by atoms with Gasteiger partial charge in [0.1, 0.15) is 5.82 Å². The molecule has 0 fully saturated rings. The molecule has 0 aliphatic carbocycles. The molecule has 3 aromatic rings. The molecule has 0 saturated heterocycles. The molecular weight excluding hydrogens is 353 g/mol. The number of hydrogen-bond donors (Lipinski definition) is 1. The van der Waals surface area contributed by atoms with Crippen LogP contribution in [0.5, 0.6) is 0 Å². The Kier molecular flexibility index (Phi) is 5.37. The number of benzene rings is 2. The topological polar surface area (TPSA) is 64.0 Å². The Morgan fingerprint density at radius 3 is 2.81 bits per heavy atom. The van der Waals surface area contributed by atoms with Gasteiger partial charge in [-0.05, 0) is 49.1 Å². The van der Waals surface area contributed by atoms with Gasteiger partial charge in [-0.15, -0.1) is 0 Å². The van der Waals surface area contributed by atoms with E-state index in [-0.39, 0.29) is 11.1 Å². The number of anilines is 1. The van der Waals surface area contributed by atoms with Gasteiger partial charge in [0.05, 0.1) is 10.9 Å². The average Bonchev–Trinajstić information content (AvgIpc) is 2.63. The lowest BCUT2D eigenvalue weighted by Crippen LogP contribution is -2.27. The number of aromatic nitrogens is 2. The van der Waals surface area contributed by atoms with E-state index in [9.17, 15) is 14.0 Å². The van der Waals surface area contributed by atoms with E-state index in [2.05, 4.69) is 10.4 Å². The number of aryl methyl sites for hydroxylation is 1. The standard InChI is InChI=1S/C19H18FN3O2S/c1-3-23-16-8-7-13(20)10-15(16)18(24)17(22-23)19(25)21-14-6-4-5-12(9-14)11-26-2/h4-10H,3,11H2,1-2H3,(H,21,25). The molecular formula is C19H18FN3O2S. The number of thioether (sulfide) groups is 1. The summed E-state index contributed by atoms with van der Waals surface area (Å²) < 4.78 is 15.1. The van der Waals surface area contributed by atoms with Crippen LogP contribution < -0.4 is 10.7 Å². The second-order valence-electron chi connectivity index (χ2n) is 5.74. The Balaban J connectivity index is 2.02. The van der Waals surface area contributed by atoms with Crippen molar-refractivity contribution in [2.75, 3.05) is 11.6 Å². The van der Waals surface area contributed by atoms with Crippen LogP contribution in [0.2, 0.25) is 0 Å². The smallest absolute Gasteiger partial charge is 0.280 e. The summed E-state index contributed by atoms with van der Waals surface area (Å²) in [5, 5.41) is 7.02. The van der Waals surface area contributed by atoms with Crippen LogP contribution in [0.1, 0.15) is 23.0 Å². The molecule has 5 nitrogen and oxygen atoms in total. The van der Waals surface area contributed by atoms with Crippen molar-refractivity contribution in [1.82, 2.24) is 9.78 Å². The lowest BCUT2D eigenvalue weighted by Gasteiger charge is -2.11. The molecule has 0 aliphatic rings. The minimum absolute atomic E-state index is 0.142. The van der Waals surface area contributed by atoms with Crippen LogP contribution in [0, 0.1) is 5.82 Å². The van der Waals surface area contributed by atoms with Crippen molar-refractivity contribution >= 4 is 34.3 Å². The molecule has 1 aromatic heterocycles. The van der Waals surface area contributed by atoms with Gasteiger partial charge in [0.15, 0.2) is 5.69 Å². The van der Waals surface area contributed by atoms with Gasteiger partial charge in [0, 0.05) is 18.0 Å². The van der Waals surface area contributed by atoms with Crippen LogP contribution in [0.3, 0.4) is 0 Å². The van der Waals surface area contributed by atoms with Crippen LogP contribution in [0.25, 0.3) is 10.9 Å². The highest BCUT2D eigenvalue weighted by molar-refractivity contribution is 7.97. The number of rotatable bonds is 5. The molecule has 1 N–H and O–H groups in total. The second kappa shape index (κ2) is 7.70. The molecule has 0 saturated carbocycles. The van der Waals surface area contributed by atoms with E-state index in [4.69, 9.17) is 0 Å². The van der Waals surface area contributed by atoms with Gasteiger partial charge in [-0.3, -0.25) is 14.3 Å². The lowest BCUT2D eigenvalue weighted by atomic mass is 10.1. The average molecular weight is 371 g/mol. The Bertz CT molecular complexity index is 1030. The van der Waals surface area contributed by atoms with Crippen LogP contribution in [-0.4, -0.2) is 21.9 Å². The third kappa shape index (κ3) is 3.62. The Morgan fingerprint density at radius 1 is 1.27 bits per heavy atom. The summed E-state index contributed by atoms with van der Waals surface area (Å²) >= 11 is 1.67. The zero-order valence-electron chi connectivity index (χ0n) is 14.5. The maximum absolute atomic E-state index is 13.6. The summed E-state index contributed by atoms with van der Waals surface area (Å²) in [7, 11) is 0. The fraction of sp³-hybridized carbons (Fsp3) is 0.211. The summed E-state index contributed by atoms with van der Waals surface area (Å²) in [5.41, 5.74) is 1.32. The molecule has 0 bridgehead atoms. The number of nitrogens with one attached hydrogen (secondary N) is 1. The van der Waals surface area contributed by atoms with Crippen molar-refractivity contribution in [1.29, 1.82) is 0 Å². The first-order valence-electron chi connectivity index (χ1n) is 8.13. The first-order valence-corrected chi connectivity index (χ1v) is 9.52. The predicted molar refractivity (Wildman–Crippen MR) is 103 cm³/mol. The molecule has 0 atom stereocenters. The molecule has 0 spiro atoms. The first kappa shape index (κ1) is 18.1. The molecule has 0 unspecified atom stereocenters. The Hall–Kier alpha value is -2.67. The number of fused-ring (bicyclic) bond motifs is 1. The number of carbonyl (C=O) groups excluding carboxylic acids is 1. The quantitative estimate of drug-likeness (QED) is 0.743. The Morgan fingerprint density at radius 2 is 2.08 bits per heavy atom. The highest BCUT2D eigenvalue weighted by Gasteiger charge is 2.18. The molecule has 0 radical (unpaired) electrons. The fourth-order valence-corrected chi connectivity index (χ4v) is 3.26. The van der Waals surface area contributed by atoms with Gasteiger partial charge >= 0.3 is 0 Å². The summed E-state index contributed by atoms with van der Waals surface area (Å²) in [6.07, 6.45) is 2.00. The van der Waals surface area contributed by atoms with Crippen LogP contribution in [0.15, 0.2) is 47.3 Å². The Labute approximate surface area is 154 Å². The van der Waals surface area contributed by atoms with Gasteiger partial charge in [-0.1, -0.05) is 12.1 Å². The highest BCUT2D eigenvalue weighted by atomic mass is 32.2. The van der Waals surface area contributed by atoms with Crippen molar-refractivity contribution in [3.05, 3.63) is 69.8 Å². The van der Waals surface area contributed by atoms with Gasteiger partial charge in [-0.25, -0.2) is 4.39 Å². The third-order valence-corrected chi connectivity index (χ3v) is 4.55. The van der Waals surface area contributed by atoms with E-state index >= 15 is 0 Å². The van der Waals surface area contributed by atoms with Crippen LogP contribution in [0.4, 0.5) is 10.1 Å². The third-order valence-electron chi connectivity index (χ3n) is 3.93. The minimum Gasteiger partial charge on any atom is -0.320 e. The summed E-state index contributed by atoms with van der Waals surface area (Å²) in [5.74, 6) is -0.316. The molecule has 26 heavy (non-hydrogen) atoms. The minimum atomic E-state index is -0.607. The van der Waals surface area contributed by atoms with Crippen LogP contribution >= 0.6 is 11.8 Å². The zero-order valence-corrected chi connectivity index (χ0v) is 15.3. The summed E-state index contributed by atoms with van der Waals surface area (Å²) in [6.45, 7) is 2.29. The zero-order chi connectivity index (χ0) is 18.7. The molecule has 1 heterocycles. The highest BCUT2D eigenvalue weighted by Crippen LogP contribution is 2.16. The maximum Gasteiger partial charge on any atom is 0.280 e. The predicted octanol–water partition coefficient (Wildman–Crippen LogP) is 3.67. The van der Waals surface area contributed by atoms with Crippen molar-refractivity contribution in [2.45, 2.75) is 19.2 Å². The summed E-state index contributed by atoms with van der Waals surface area (Å²) in [6, 6.07) is 11.3. The number of amides is 1. The van der Waals surface area contributed by atoms with Crippen molar-refractivity contribution < 1.29 is 9.18 Å². The van der Waals surface area contributed by atoms with Crippen molar-refractivity contribution in [3.8, 4) is 0 Å². The normalized spacial score (nSPS) is 10.9. The molecule has 2 aromatic carbocycles. The van der Waals surface area contributed by atoms with Gasteiger partial charge in [-0.2, -0.15) is 16.9 Å².